The molecule has 1 heterocycles. The Morgan fingerprint density at radius 1 is 1.08 bits per heavy atom. The van der Waals surface area contributed by atoms with Gasteiger partial charge in [-0.15, -0.1) is 0 Å². The van der Waals surface area contributed by atoms with E-state index in [0.717, 1.165) is 11.1 Å². The van der Waals surface area contributed by atoms with Crippen LogP contribution in [-0.2, 0) is 9.53 Å². The Labute approximate surface area is 145 Å². The van der Waals surface area contributed by atoms with Gasteiger partial charge in [0.1, 0.15) is 18.0 Å². The lowest BCUT2D eigenvalue weighted by Gasteiger charge is -2.12. The molecule has 0 saturated carbocycles. The number of fused-ring (bicyclic) bond motifs is 1. The van der Waals surface area contributed by atoms with Gasteiger partial charge in [-0.05, 0) is 19.1 Å². The van der Waals surface area contributed by atoms with Gasteiger partial charge in [-0.25, -0.2) is 9.97 Å². The van der Waals surface area contributed by atoms with Gasteiger partial charge < -0.3 is 14.8 Å². The van der Waals surface area contributed by atoms with Crippen LogP contribution in [0.25, 0.3) is 22.3 Å². The molecular weight excluding hydrogens is 318 g/mol. The lowest BCUT2D eigenvalue weighted by molar-refractivity contribution is -0.140. The van der Waals surface area contributed by atoms with Gasteiger partial charge in [0.2, 0.25) is 0 Å². The van der Waals surface area contributed by atoms with E-state index in [0.29, 0.717) is 29.4 Å². The Kier molecular flexibility index (Phi) is 5.09. The minimum atomic E-state index is -0.335. The standard InChI is InChI=1S/C19H19N3O3/c1-3-25-17(23)12-20-19-18(13-7-5-4-6-8-13)21-16-11-14(24-2)9-10-15(16)22-19/h4-11H,3,12H2,1-2H3,(H,20,22). The topological polar surface area (TPSA) is 73.3 Å². The van der Waals surface area contributed by atoms with Crippen LogP contribution >= 0.6 is 0 Å². The van der Waals surface area contributed by atoms with E-state index in [1.54, 1.807) is 14.0 Å². The number of carbonyl (C=O) groups excluding carboxylic acids is 1. The number of benzene rings is 2. The van der Waals surface area contributed by atoms with Crippen LogP contribution in [0.1, 0.15) is 6.92 Å². The highest BCUT2D eigenvalue weighted by Crippen LogP contribution is 2.28. The summed E-state index contributed by atoms with van der Waals surface area (Å²) in [5.41, 5.74) is 3.02. The van der Waals surface area contributed by atoms with Crippen molar-refractivity contribution in [1.82, 2.24) is 9.97 Å². The summed E-state index contributed by atoms with van der Waals surface area (Å²) >= 11 is 0. The monoisotopic (exact) mass is 337 g/mol. The van der Waals surface area contributed by atoms with Crippen molar-refractivity contribution in [3.8, 4) is 17.0 Å². The molecule has 128 valence electrons. The summed E-state index contributed by atoms with van der Waals surface area (Å²) in [6.07, 6.45) is 0. The van der Waals surface area contributed by atoms with E-state index in [1.807, 2.05) is 48.5 Å². The summed E-state index contributed by atoms with van der Waals surface area (Å²) in [5, 5.41) is 3.04. The molecule has 0 unspecified atom stereocenters. The summed E-state index contributed by atoms with van der Waals surface area (Å²) in [4.78, 5) is 21.0. The van der Waals surface area contributed by atoms with E-state index in [1.165, 1.54) is 0 Å². The number of nitrogens with zero attached hydrogens (tertiary/aromatic N) is 2. The van der Waals surface area contributed by atoms with Crippen molar-refractivity contribution in [2.24, 2.45) is 0 Å². The van der Waals surface area contributed by atoms with Crippen molar-refractivity contribution >= 4 is 22.8 Å². The van der Waals surface area contributed by atoms with E-state index >= 15 is 0 Å². The number of aromatic nitrogens is 2. The van der Waals surface area contributed by atoms with Crippen LogP contribution in [0.3, 0.4) is 0 Å². The second-order valence-electron chi connectivity index (χ2n) is 5.30. The summed E-state index contributed by atoms with van der Waals surface area (Å²) in [6.45, 7) is 2.15. The fraction of sp³-hybridized carbons (Fsp3) is 0.211. The zero-order valence-corrected chi connectivity index (χ0v) is 14.2. The Morgan fingerprint density at radius 3 is 2.60 bits per heavy atom. The van der Waals surface area contributed by atoms with Gasteiger partial charge in [0.05, 0.1) is 24.8 Å². The number of nitrogens with one attached hydrogen (secondary N) is 1. The van der Waals surface area contributed by atoms with E-state index in [2.05, 4.69) is 10.3 Å². The predicted octanol–water partition coefficient (Wildman–Crippen LogP) is 3.28. The lowest BCUT2D eigenvalue weighted by atomic mass is 10.1. The minimum Gasteiger partial charge on any atom is -0.497 e. The van der Waals surface area contributed by atoms with Crippen molar-refractivity contribution in [1.29, 1.82) is 0 Å². The molecule has 0 spiro atoms. The SMILES string of the molecule is CCOC(=O)CNc1nc2ccc(OC)cc2nc1-c1ccccc1. The molecule has 3 aromatic rings. The molecule has 0 bridgehead atoms. The van der Waals surface area contributed by atoms with Gasteiger partial charge in [-0.3, -0.25) is 4.79 Å². The van der Waals surface area contributed by atoms with E-state index in [9.17, 15) is 4.79 Å². The summed E-state index contributed by atoms with van der Waals surface area (Å²) in [6, 6.07) is 15.2. The first-order valence-corrected chi connectivity index (χ1v) is 8.02. The minimum absolute atomic E-state index is 0.0318. The van der Waals surface area contributed by atoms with Gasteiger partial charge >= 0.3 is 5.97 Å². The molecule has 0 atom stereocenters. The first-order valence-electron chi connectivity index (χ1n) is 8.02. The number of ether oxygens (including phenoxy) is 2. The first kappa shape index (κ1) is 16.7. The van der Waals surface area contributed by atoms with E-state index < -0.39 is 0 Å². The number of rotatable bonds is 6. The summed E-state index contributed by atoms with van der Waals surface area (Å²) in [5.74, 6) is 0.920. The highest BCUT2D eigenvalue weighted by molar-refractivity contribution is 5.85. The van der Waals surface area contributed by atoms with Gasteiger partial charge in [0.25, 0.3) is 0 Å². The van der Waals surface area contributed by atoms with E-state index in [-0.39, 0.29) is 12.5 Å². The average molecular weight is 337 g/mol. The molecule has 1 N–H and O–H groups in total. The molecule has 6 heteroatoms. The van der Waals surface area contributed by atoms with Crippen LogP contribution in [0, 0.1) is 0 Å². The molecule has 25 heavy (non-hydrogen) atoms. The van der Waals surface area contributed by atoms with Crippen LogP contribution in [0.15, 0.2) is 48.5 Å². The Bertz CT molecular complexity index is 882. The van der Waals surface area contributed by atoms with E-state index in [4.69, 9.17) is 14.5 Å². The van der Waals surface area contributed by atoms with Crippen LogP contribution in [0.5, 0.6) is 5.75 Å². The van der Waals surface area contributed by atoms with Crippen LogP contribution in [0.2, 0.25) is 0 Å². The molecule has 0 aliphatic heterocycles. The highest BCUT2D eigenvalue weighted by Gasteiger charge is 2.13. The number of carbonyl (C=O) groups is 1. The predicted molar refractivity (Wildman–Crippen MR) is 96.6 cm³/mol. The number of esters is 1. The molecule has 0 fully saturated rings. The van der Waals surface area contributed by atoms with Crippen LogP contribution in [0.4, 0.5) is 5.82 Å². The number of anilines is 1. The number of hydrogen-bond acceptors (Lipinski definition) is 6. The number of methoxy groups -OCH3 is 1. The number of hydrogen-bond donors (Lipinski definition) is 1. The molecule has 0 aliphatic carbocycles. The van der Waals surface area contributed by atoms with Gasteiger partial charge in [0.15, 0.2) is 5.82 Å². The van der Waals surface area contributed by atoms with Crippen molar-refractivity contribution in [3.63, 3.8) is 0 Å². The van der Waals surface area contributed by atoms with Crippen LogP contribution < -0.4 is 10.1 Å². The quantitative estimate of drug-likeness (QED) is 0.696. The zero-order valence-electron chi connectivity index (χ0n) is 14.2. The maximum atomic E-state index is 11.7. The summed E-state index contributed by atoms with van der Waals surface area (Å²) < 4.78 is 10.2. The maximum Gasteiger partial charge on any atom is 0.325 e. The van der Waals surface area contributed by atoms with Crippen molar-refractivity contribution in [2.45, 2.75) is 6.92 Å². The summed E-state index contributed by atoms with van der Waals surface area (Å²) in [7, 11) is 1.61. The van der Waals surface area contributed by atoms with Crippen LogP contribution in [-0.4, -0.2) is 36.2 Å². The van der Waals surface area contributed by atoms with Crippen molar-refractivity contribution < 1.29 is 14.3 Å². The van der Waals surface area contributed by atoms with Crippen molar-refractivity contribution in [2.75, 3.05) is 25.6 Å². The van der Waals surface area contributed by atoms with Gasteiger partial charge in [0, 0.05) is 11.6 Å². The molecule has 6 nitrogen and oxygen atoms in total. The molecule has 1 aromatic heterocycles. The fourth-order valence-electron chi connectivity index (χ4n) is 2.45. The smallest absolute Gasteiger partial charge is 0.325 e. The molecule has 0 amide bonds. The average Bonchev–Trinajstić information content (AvgIpc) is 2.66. The molecule has 3 rings (SSSR count). The molecule has 0 saturated heterocycles. The normalized spacial score (nSPS) is 10.5. The lowest BCUT2D eigenvalue weighted by Crippen LogP contribution is -2.18. The molecular formula is C19H19N3O3. The Morgan fingerprint density at radius 2 is 1.88 bits per heavy atom. The largest absolute Gasteiger partial charge is 0.497 e. The second kappa shape index (κ2) is 7.61. The first-order chi connectivity index (χ1) is 12.2. The van der Waals surface area contributed by atoms with Gasteiger partial charge in [-0.2, -0.15) is 0 Å². The second-order valence-corrected chi connectivity index (χ2v) is 5.30. The third-order valence-corrected chi connectivity index (χ3v) is 3.62. The van der Waals surface area contributed by atoms with Gasteiger partial charge in [-0.1, -0.05) is 30.3 Å². The Hall–Kier alpha value is -3.15. The third kappa shape index (κ3) is 3.85. The maximum absolute atomic E-state index is 11.7. The third-order valence-electron chi connectivity index (χ3n) is 3.62. The van der Waals surface area contributed by atoms with Crippen molar-refractivity contribution in [3.05, 3.63) is 48.5 Å². The zero-order chi connectivity index (χ0) is 17.6. The highest BCUT2D eigenvalue weighted by atomic mass is 16.5. The fourth-order valence-corrected chi connectivity index (χ4v) is 2.45. The molecule has 0 aliphatic rings. The molecule has 2 aromatic carbocycles. The molecule has 0 radical (unpaired) electrons. The Balaban J connectivity index is 2.04.